The lowest BCUT2D eigenvalue weighted by Gasteiger charge is -2.25. The maximum atomic E-state index is 13.8. The zero-order valence-electron chi connectivity index (χ0n) is 24.5. The number of hydrogen-bond donors (Lipinski definition) is 0. The van der Waals surface area contributed by atoms with E-state index in [0.29, 0.717) is 44.3 Å². The van der Waals surface area contributed by atoms with E-state index in [1.54, 1.807) is 79.9 Å². The number of allylic oxidation sites excluding steroid dienone is 3. The van der Waals surface area contributed by atoms with Crippen LogP contribution in [0.15, 0.2) is 114 Å². The average molecular weight is 605 g/mol. The van der Waals surface area contributed by atoms with Gasteiger partial charge in [-0.15, -0.1) is 0 Å². The first-order chi connectivity index (χ1) is 21.0. The molecule has 0 heterocycles. The minimum absolute atomic E-state index is 0.173. The molecule has 0 aliphatic heterocycles. The van der Waals surface area contributed by atoms with Crippen LogP contribution in [0.25, 0.3) is 0 Å². The van der Waals surface area contributed by atoms with Crippen molar-refractivity contribution in [3.63, 3.8) is 0 Å². The molecule has 0 aromatic heterocycles. The van der Waals surface area contributed by atoms with Crippen molar-refractivity contribution >= 4 is 22.1 Å². The highest BCUT2D eigenvalue weighted by Gasteiger charge is 2.35. The molecule has 2 unspecified atom stereocenters. The van der Waals surface area contributed by atoms with Gasteiger partial charge >= 0.3 is 5.97 Å². The minimum Gasteiger partial charge on any atom is -0.497 e. The van der Waals surface area contributed by atoms with Crippen molar-refractivity contribution in [2.45, 2.75) is 61.4 Å². The molecule has 43 heavy (non-hydrogen) atoms. The Hall–Kier alpha value is -4.01. The topological polar surface area (TPSA) is 96.0 Å². The average Bonchev–Trinajstić information content (AvgIpc) is 3.04. The second-order valence-corrected chi connectivity index (χ2v) is 12.1. The lowest BCUT2D eigenvalue weighted by atomic mass is 10.1. The van der Waals surface area contributed by atoms with Crippen molar-refractivity contribution in [2.24, 2.45) is 0 Å². The number of methoxy groups -OCH3 is 1. The van der Waals surface area contributed by atoms with Crippen LogP contribution in [0.2, 0.25) is 0 Å². The summed E-state index contributed by atoms with van der Waals surface area (Å²) in [5.74, 6) is 0.216. The second kappa shape index (κ2) is 18.5. The van der Waals surface area contributed by atoms with Crippen molar-refractivity contribution in [2.75, 3.05) is 13.7 Å². The smallest absolute Gasteiger partial charge is 0.338 e. The molecule has 8 heteroatoms. The third-order valence-electron chi connectivity index (χ3n) is 6.83. The van der Waals surface area contributed by atoms with Crippen LogP contribution in [0.4, 0.5) is 0 Å². The van der Waals surface area contributed by atoms with E-state index in [1.807, 2.05) is 30.3 Å². The largest absolute Gasteiger partial charge is 0.497 e. The molecule has 7 nitrogen and oxygen atoms in total. The number of sulfone groups is 1. The van der Waals surface area contributed by atoms with E-state index >= 15 is 0 Å². The van der Waals surface area contributed by atoms with E-state index in [4.69, 9.17) is 14.2 Å². The summed E-state index contributed by atoms with van der Waals surface area (Å²) in [6, 6.07) is 24.5. The Bertz CT molecular complexity index is 1400. The Balaban J connectivity index is 1.69. The number of carbonyl (C=O) groups is 2. The maximum Gasteiger partial charge on any atom is 0.338 e. The van der Waals surface area contributed by atoms with Gasteiger partial charge in [0.25, 0.3) is 0 Å². The Kier molecular flexibility index (Phi) is 14.4. The van der Waals surface area contributed by atoms with Gasteiger partial charge < -0.3 is 14.2 Å². The summed E-state index contributed by atoms with van der Waals surface area (Å²) in [6.07, 6.45) is 9.97. The van der Waals surface area contributed by atoms with Crippen LogP contribution in [0.3, 0.4) is 0 Å². The van der Waals surface area contributed by atoms with Gasteiger partial charge in [-0.2, -0.15) is 0 Å². The molecule has 0 fully saturated rings. The Morgan fingerprint density at radius 3 is 2.19 bits per heavy atom. The maximum absolute atomic E-state index is 13.8. The van der Waals surface area contributed by atoms with Gasteiger partial charge in [0, 0.05) is 6.61 Å². The van der Waals surface area contributed by atoms with Crippen molar-refractivity contribution in [1.82, 2.24) is 0 Å². The molecule has 0 radical (unpaired) electrons. The number of rotatable bonds is 19. The van der Waals surface area contributed by atoms with Crippen LogP contribution in [-0.2, 0) is 30.7 Å². The number of hydrogen-bond acceptors (Lipinski definition) is 7. The normalized spacial score (nSPS) is 13.1. The summed E-state index contributed by atoms with van der Waals surface area (Å²) < 4.78 is 44.5. The molecule has 3 rings (SSSR count). The first-order valence-corrected chi connectivity index (χ1v) is 16.0. The predicted molar refractivity (Wildman–Crippen MR) is 168 cm³/mol. The summed E-state index contributed by atoms with van der Waals surface area (Å²) in [7, 11) is -2.22. The van der Waals surface area contributed by atoms with Crippen LogP contribution >= 0.6 is 0 Å². The Morgan fingerprint density at radius 1 is 0.837 bits per heavy atom. The minimum atomic E-state index is -3.86. The Labute approximate surface area is 255 Å². The van der Waals surface area contributed by atoms with E-state index in [0.717, 1.165) is 24.2 Å². The molecular weight excluding hydrogens is 564 g/mol. The molecular formula is C35H40O7S. The van der Waals surface area contributed by atoms with Gasteiger partial charge in [-0.25, -0.2) is 13.2 Å². The molecule has 0 saturated carbocycles. The van der Waals surface area contributed by atoms with E-state index in [2.05, 4.69) is 0 Å². The SMILES string of the molecule is COc1ccc(COCCCC/C=C/C(OC(=O)c2ccccc2)C(CCC/C=C/C=O)S(=O)(=O)c2ccccc2)cc1. The molecule has 0 N–H and O–H groups in total. The molecule has 228 valence electrons. The highest BCUT2D eigenvalue weighted by Crippen LogP contribution is 2.26. The third kappa shape index (κ3) is 11.3. The van der Waals surface area contributed by atoms with Crippen LogP contribution < -0.4 is 4.74 Å². The van der Waals surface area contributed by atoms with Crippen molar-refractivity contribution in [3.8, 4) is 5.75 Å². The first kappa shape index (κ1) is 33.5. The molecule has 0 amide bonds. The van der Waals surface area contributed by atoms with Gasteiger partial charge in [0.1, 0.15) is 23.4 Å². The fraction of sp³-hybridized carbons (Fsp3) is 0.314. The highest BCUT2D eigenvalue weighted by atomic mass is 32.2. The van der Waals surface area contributed by atoms with Gasteiger partial charge in [-0.1, -0.05) is 60.7 Å². The van der Waals surface area contributed by atoms with Crippen molar-refractivity contribution in [3.05, 3.63) is 120 Å². The number of esters is 1. The van der Waals surface area contributed by atoms with Gasteiger partial charge in [0.15, 0.2) is 9.84 Å². The summed E-state index contributed by atoms with van der Waals surface area (Å²) in [5, 5.41) is -1.00. The molecule has 3 aromatic carbocycles. The molecule has 0 spiro atoms. The van der Waals surface area contributed by atoms with Gasteiger partial charge in [0.2, 0.25) is 0 Å². The fourth-order valence-corrected chi connectivity index (χ4v) is 6.35. The first-order valence-electron chi connectivity index (χ1n) is 14.5. The lowest BCUT2D eigenvalue weighted by Crippen LogP contribution is -2.36. The second-order valence-electron chi connectivity index (χ2n) is 9.95. The monoisotopic (exact) mass is 604 g/mol. The zero-order valence-corrected chi connectivity index (χ0v) is 25.4. The molecule has 0 aliphatic carbocycles. The molecule has 0 saturated heterocycles. The molecule has 2 atom stereocenters. The van der Waals surface area contributed by atoms with Crippen LogP contribution in [0.5, 0.6) is 5.75 Å². The summed E-state index contributed by atoms with van der Waals surface area (Å²) in [4.78, 5) is 23.9. The molecule has 0 bridgehead atoms. The van der Waals surface area contributed by atoms with E-state index < -0.39 is 27.2 Å². The quantitative estimate of drug-likeness (QED) is 0.0481. The summed E-state index contributed by atoms with van der Waals surface area (Å²) in [5.41, 5.74) is 1.41. The summed E-state index contributed by atoms with van der Waals surface area (Å²) in [6.45, 7) is 1.10. The molecule has 0 aliphatic rings. The van der Waals surface area contributed by atoms with E-state index in [1.165, 1.54) is 6.08 Å². The Morgan fingerprint density at radius 2 is 1.51 bits per heavy atom. The van der Waals surface area contributed by atoms with Crippen LogP contribution in [-0.4, -0.2) is 45.7 Å². The number of aldehydes is 1. The number of ether oxygens (including phenoxy) is 3. The highest BCUT2D eigenvalue weighted by molar-refractivity contribution is 7.92. The summed E-state index contributed by atoms with van der Waals surface area (Å²) >= 11 is 0. The van der Waals surface area contributed by atoms with Crippen LogP contribution in [0, 0.1) is 0 Å². The molecule has 3 aromatic rings. The van der Waals surface area contributed by atoms with Crippen LogP contribution in [0.1, 0.15) is 54.4 Å². The lowest BCUT2D eigenvalue weighted by molar-refractivity contribution is -0.104. The zero-order chi connectivity index (χ0) is 30.8. The van der Waals surface area contributed by atoms with Gasteiger partial charge in [-0.3, -0.25) is 4.79 Å². The number of benzene rings is 3. The fourth-order valence-electron chi connectivity index (χ4n) is 4.48. The number of carbonyl (C=O) groups excluding carboxylic acids is 2. The van der Waals surface area contributed by atoms with E-state index in [-0.39, 0.29) is 11.3 Å². The van der Waals surface area contributed by atoms with E-state index in [9.17, 15) is 18.0 Å². The number of unbranched alkanes of at least 4 members (excludes halogenated alkanes) is 3. The van der Waals surface area contributed by atoms with Gasteiger partial charge in [0.05, 0.1) is 24.2 Å². The standard InChI is InChI=1S/C35H40O7S/c1-40-31-24-22-29(23-25-31)28-41-27-15-5-3-12-20-33(42-35(37)30-16-8-6-9-17-30)34(21-13-2-4-14-26-36)43(38,39)32-18-10-7-11-19-32/h4,6-12,14,16-20,22-26,33-34H,2-3,5,13,15,21,27-28H2,1H3/b14-4+,20-12+. The predicted octanol–water partition coefficient (Wildman–Crippen LogP) is 6.93. The third-order valence-corrected chi connectivity index (χ3v) is 9.06. The van der Waals surface area contributed by atoms with Crippen molar-refractivity contribution < 1.29 is 32.2 Å². The van der Waals surface area contributed by atoms with Gasteiger partial charge in [-0.05, 0) is 92.6 Å². The van der Waals surface area contributed by atoms with Crippen molar-refractivity contribution in [1.29, 1.82) is 0 Å².